The Labute approximate surface area is 124 Å². The van der Waals surface area contributed by atoms with Gasteiger partial charge in [0.1, 0.15) is 0 Å². The van der Waals surface area contributed by atoms with Gasteiger partial charge in [0.25, 0.3) is 0 Å². The zero-order valence-corrected chi connectivity index (χ0v) is 13.5. The second-order valence-corrected chi connectivity index (χ2v) is 7.60. The predicted octanol–water partition coefficient (Wildman–Crippen LogP) is 3.08. The van der Waals surface area contributed by atoms with E-state index in [1.807, 2.05) is 0 Å². The molecule has 2 aliphatic rings. The summed E-state index contributed by atoms with van der Waals surface area (Å²) in [7, 11) is 0. The number of amides is 1. The number of rotatable bonds is 3. The maximum absolute atomic E-state index is 12.7. The highest BCUT2D eigenvalue weighted by atomic mass is 16.2. The number of hydrogen-bond donors (Lipinski definition) is 2. The van der Waals surface area contributed by atoms with Crippen LogP contribution in [0.25, 0.3) is 0 Å². The third-order valence-corrected chi connectivity index (χ3v) is 6.04. The SMILES string of the molecule is CC1CCC(CN)(C(=O)NC2CCC(C)C(C)C2)CC1. The average Bonchev–Trinajstić information content (AvgIpc) is 2.44. The molecular weight excluding hydrogens is 248 g/mol. The molecule has 2 aliphatic carbocycles. The smallest absolute Gasteiger partial charge is 0.227 e. The first-order valence-electron chi connectivity index (χ1n) is 8.48. The van der Waals surface area contributed by atoms with Gasteiger partial charge in [-0.1, -0.05) is 20.8 Å². The van der Waals surface area contributed by atoms with E-state index in [0.717, 1.165) is 50.4 Å². The van der Waals surface area contributed by atoms with Crippen molar-refractivity contribution in [2.45, 2.75) is 71.8 Å². The van der Waals surface area contributed by atoms with Gasteiger partial charge in [0.15, 0.2) is 0 Å². The average molecular weight is 280 g/mol. The number of nitrogens with one attached hydrogen (secondary N) is 1. The van der Waals surface area contributed by atoms with E-state index in [9.17, 15) is 4.79 Å². The third kappa shape index (κ3) is 3.36. The van der Waals surface area contributed by atoms with Crippen molar-refractivity contribution in [1.82, 2.24) is 5.32 Å². The quantitative estimate of drug-likeness (QED) is 0.834. The van der Waals surface area contributed by atoms with Crippen LogP contribution < -0.4 is 11.1 Å². The van der Waals surface area contributed by atoms with Crippen LogP contribution in [0.5, 0.6) is 0 Å². The molecule has 0 aromatic carbocycles. The molecular formula is C17H32N2O. The molecule has 2 rings (SSSR count). The third-order valence-electron chi connectivity index (χ3n) is 6.04. The molecule has 3 unspecified atom stereocenters. The summed E-state index contributed by atoms with van der Waals surface area (Å²) < 4.78 is 0. The molecule has 0 bridgehead atoms. The fraction of sp³-hybridized carbons (Fsp3) is 0.941. The lowest BCUT2D eigenvalue weighted by Crippen LogP contribution is -2.51. The van der Waals surface area contributed by atoms with Gasteiger partial charge < -0.3 is 11.1 Å². The highest BCUT2D eigenvalue weighted by molar-refractivity contribution is 5.83. The molecule has 3 heteroatoms. The number of carbonyl (C=O) groups is 1. The van der Waals surface area contributed by atoms with E-state index in [-0.39, 0.29) is 11.3 Å². The van der Waals surface area contributed by atoms with Crippen LogP contribution in [0.1, 0.15) is 65.7 Å². The van der Waals surface area contributed by atoms with Crippen LogP contribution >= 0.6 is 0 Å². The molecule has 2 saturated carbocycles. The Bertz CT molecular complexity index is 334. The van der Waals surface area contributed by atoms with E-state index in [2.05, 4.69) is 26.1 Å². The van der Waals surface area contributed by atoms with E-state index in [4.69, 9.17) is 5.73 Å². The second kappa shape index (κ2) is 6.46. The molecule has 20 heavy (non-hydrogen) atoms. The summed E-state index contributed by atoms with van der Waals surface area (Å²) in [5.41, 5.74) is 5.70. The van der Waals surface area contributed by atoms with Gasteiger partial charge in [-0.05, 0) is 62.7 Å². The van der Waals surface area contributed by atoms with Crippen LogP contribution in [0.4, 0.5) is 0 Å². The van der Waals surface area contributed by atoms with E-state index in [1.54, 1.807) is 0 Å². The second-order valence-electron chi connectivity index (χ2n) is 7.60. The van der Waals surface area contributed by atoms with E-state index in [0.29, 0.717) is 18.5 Å². The predicted molar refractivity (Wildman–Crippen MR) is 83.2 cm³/mol. The highest BCUT2D eigenvalue weighted by Crippen LogP contribution is 2.39. The fourth-order valence-electron chi connectivity index (χ4n) is 3.86. The molecule has 3 nitrogen and oxygen atoms in total. The minimum absolute atomic E-state index is 0.235. The minimum Gasteiger partial charge on any atom is -0.353 e. The molecule has 2 fully saturated rings. The number of hydrogen-bond acceptors (Lipinski definition) is 2. The van der Waals surface area contributed by atoms with Gasteiger partial charge in [-0.25, -0.2) is 0 Å². The Kier molecular flexibility index (Phi) is 5.11. The number of nitrogens with two attached hydrogens (primary N) is 1. The van der Waals surface area contributed by atoms with Crippen molar-refractivity contribution >= 4 is 5.91 Å². The zero-order chi connectivity index (χ0) is 14.8. The Morgan fingerprint density at radius 1 is 1.10 bits per heavy atom. The largest absolute Gasteiger partial charge is 0.353 e. The van der Waals surface area contributed by atoms with E-state index in [1.165, 1.54) is 6.42 Å². The first-order chi connectivity index (χ1) is 9.47. The van der Waals surface area contributed by atoms with Crippen molar-refractivity contribution in [3.8, 4) is 0 Å². The maximum atomic E-state index is 12.7. The Morgan fingerprint density at radius 2 is 1.75 bits per heavy atom. The molecule has 0 heterocycles. The topological polar surface area (TPSA) is 55.1 Å². The van der Waals surface area contributed by atoms with Crippen LogP contribution in [0.2, 0.25) is 0 Å². The molecule has 0 radical (unpaired) electrons. The summed E-state index contributed by atoms with van der Waals surface area (Å²) in [5, 5.41) is 3.33. The summed E-state index contributed by atoms with van der Waals surface area (Å²) in [4.78, 5) is 12.7. The van der Waals surface area contributed by atoms with Gasteiger partial charge in [0, 0.05) is 12.6 Å². The number of carbonyl (C=O) groups excluding carboxylic acids is 1. The molecule has 1 amide bonds. The summed E-state index contributed by atoms with van der Waals surface area (Å²) in [6.07, 6.45) is 7.72. The van der Waals surface area contributed by atoms with Crippen LogP contribution in [0.3, 0.4) is 0 Å². The fourth-order valence-corrected chi connectivity index (χ4v) is 3.86. The van der Waals surface area contributed by atoms with Gasteiger partial charge in [-0.3, -0.25) is 4.79 Å². The van der Waals surface area contributed by atoms with Crippen LogP contribution in [-0.4, -0.2) is 18.5 Å². The Morgan fingerprint density at radius 3 is 2.30 bits per heavy atom. The minimum atomic E-state index is -0.279. The highest BCUT2D eigenvalue weighted by Gasteiger charge is 2.41. The van der Waals surface area contributed by atoms with Gasteiger partial charge in [0.2, 0.25) is 5.91 Å². The molecule has 0 saturated heterocycles. The zero-order valence-electron chi connectivity index (χ0n) is 13.5. The molecule has 0 aromatic rings. The molecule has 0 spiro atoms. The van der Waals surface area contributed by atoms with Crippen LogP contribution in [0.15, 0.2) is 0 Å². The lowest BCUT2D eigenvalue weighted by atomic mass is 9.70. The van der Waals surface area contributed by atoms with Crippen LogP contribution in [-0.2, 0) is 4.79 Å². The van der Waals surface area contributed by atoms with E-state index < -0.39 is 0 Å². The maximum Gasteiger partial charge on any atom is 0.227 e. The summed E-state index contributed by atoms with van der Waals surface area (Å²) >= 11 is 0. The van der Waals surface area contributed by atoms with Crippen molar-refractivity contribution in [2.75, 3.05) is 6.54 Å². The van der Waals surface area contributed by atoms with Crippen molar-refractivity contribution < 1.29 is 4.79 Å². The normalized spacial score (nSPS) is 42.2. The lowest BCUT2D eigenvalue weighted by Gasteiger charge is -2.40. The lowest BCUT2D eigenvalue weighted by molar-refractivity contribution is -0.134. The van der Waals surface area contributed by atoms with Gasteiger partial charge in [-0.15, -0.1) is 0 Å². The summed E-state index contributed by atoms with van der Waals surface area (Å²) in [6.45, 7) is 7.42. The van der Waals surface area contributed by atoms with Gasteiger partial charge in [-0.2, -0.15) is 0 Å². The molecule has 0 aromatic heterocycles. The molecule has 3 N–H and O–H groups in total. The molecule has 3 atom stereocenters. The standard InChI is InChI=1S/C17H32N2O/c1-12-6-8-17(11-18,9-7-12)16(20)19-15-5-4-13(2)14(3)10-15/h12-15H,4-11,18H2,1-3H3,(H,19,20). The van der Waals surface area contributed by atoms with E-state index >= 15 is 0 Å². The first kappa shape index (κ1) is 15.8. The van der Waals surface area contributed by atoms with Crippen molar-refractivity contribution in [1.29, 1.82) is 0 Å². The molecule has 116 valence electrons. The first-order valence-corrected chi connectivity index (χ1v) is 8.48. The summed E-state index contributed by atoms with van der Waals surface area (Å²) in [6, 6.07) is 0.372. The van der Waals surface area contributed by atoms with Gasteiger partial charge >= 0.3 is 0 Å². The van der Waals surface area contributed by atoms with Crippen molar-refractivity contribution in [3.63, 3.8) is 0 Å². The van der Waals surface area contributed by atoms with Crippen molar-refractivity contribution in [3.05, 3.63) is 0 Å². The Hall–Kier alpha value is -0.570. The van der Waals surface area contributed by atoms with Gasteiger partial charge in [0.05, 0.1) is 5.41 Å². The summed E-state index contributed by atoms with van der Waals surface area (Å²) in [5.74, 6) is 2.49. The van der Waals surface area contributed by atoms with Crippen LogP contribution in [0, 0.1) is 23.2 Å². The monoisotopic (exact) mass is 280 g/mol. The van der Waals surface area contributed by atoms with Crippen molar-refractivity contribution in [2.24, 2.45) is 28.9 Å². The Balaban J connectivity index is 1.93. The molecule has 0 aliphatic heterocycles.